The molecular formula is C29H31F3N6O2. The smallest absolute Gasteiger partial charge is 0.435 e. The predicted octanol–water partition coefficient (Wildman–Crippen LogP) is 5.61. The van der Waals surface area contributed by atoms with Crippen molar-refractivity contribution in [2.24, 2.45) is 0 Å². The first-order valence-corrected chi connectivity index (χ1v) is 13.1. The number of alkyl halides is 3. The molecule has 0 bridgehead atoms. The Morgan fingerprint density at radius 3 is 2.50 bits per heavy atom. The highest BCUT2D eigenvalue weighted by molar-refractivity contribution is 5.99. The van der Waals surface area contributed by atoms with Crippen LogP contribution in [0, 0.1) is 13.8 Å². The van der Waals surface area contributed by atoms with Crippen LogP contribution in [0.25, 0.3) is 11.1 Å². The van der Waals surface area contributed by atoms with Crippen LogP contribution in [0.15, 0.2) is 43.0 Å². The minimum atomic E-state index is -4.64. The molecule has 0 radical (unpaired) electrons. The van der Waals surface area contributed by atoms with E-state index in [4.69, 9.17) is 4.74 Å². The van der Waals surface area contributed by atoms with Gasteiger partial charge in [-0.15, -0.1) is 0 Å². The number of amides is 1. The van der Waals surface area contributed by atoms with E-state index >= 15 is 0 Å². The lowest BCUT2D eigenvalue weighted by Crippen LogP contribution is -2.40. The number of rotatable bonds is 7. The Labute approximate surface area is 230 Å². The molecule has 0 N–H and O–H groups in total. The van der Waals surface area contributed by atoms with Gasteiger partial charge in [-0.2, -0.15) is 18.3 Å². The summed E-state index contributed by atoms with van der Waals surface area (Å²) in [6, 6.07) is 6.71. The summed E-state index contributed by atoms with van der Waals surface area (Å²) in [7, 11) is 1.56. The molecule has 3 aromatic heterocycles. The van der Waals surface area contributed by atoms with E-state index < -0.39 is 11.9 Å². The molecule has 40 heavy (non-hydrogen) atoms. The van der Waals surface area contributed by atoms with Crippen molar-refractivity contribution >= 4 is 5.91 Å². The van der Waals surface area contributed by atoms with Gasteiger partial charge in [-0.3, -0.25) is 14.5 Å². The molecule has 1 aromatic carbocycles. The Hall–Kier alpha value is -4.15. The third-order valence-corrected chi connectivity index (χ3v) is 7.63. The first-order valence-electron chi connectivity index (χ1n) is 13.1. The highest BCUT2D eigenvalue weighted by Crippen LogP contribution is 2.41. The van der Waals surface area contributed by atoms with Crippen molar-refractivity contribution in [3.05, 3.63) is 82.5 Å². The van der Waals surface area contributed by atoms with Crippen LogP contribution in [0.2, 0.25) is 0 Å². The SMILES string of the molecule is CCn1cc(-c2cc(Cn3cnc(C)c3C)cc3c2CCN(C(C)c2cc(OC)ccn2)C3=O)c(C(F)(F)F)n1. The zero-order valence-electron chi connectivity index (χ0n) is 23.1. The molecule has 4 aromatic rings. The van der Waals surface area contributed by atoms with E-state index in [0.29, 0.717) is 53.2 Å². The molecule has 0 aliphatic carbocycles. The molecule has 5 rings (SSSR count). The summed E-state index contributed by atoms with van der Waals surface area (Å²) in [5.41, 5.74) is 3.57. The third kappa shape index (κ3) is 4.96. The number of carbonyl (C=O) groups excluding carboxylic acids is 1. The Bertz CT molecular complexity index is 1570. The molecule has 1 aliphatic rings. The number of carbonyl (C=O) groups is 1. The summed E-state index contributed by atoms with van der Waals surface area (Å²) in [6.07, 6.45) is 0.499. The molecule has 4 heterocycles. The molecule has 0 fully saturated rings. The third-order valence-electron chi connectivity index (χ3n) is 7.63. The summed E-state index contributed by atoms with van der Waals surface area (Å²) in [5.74, 6) is 0.376. The summed E-state index contributed by atoms with van der Waals surface area (Å²) in [5, 5.41) is 3.84. The number of methoxy groups -OCH3 is 1. The van der Waals surface area contributed by atoms with E-state index in [0.717, 1.165) is 11.4 Å². The number of hydrogen-bond donors (Lipinski definition) is 0. The van der Waals surface area contributed by atoms with Gasteiger partial charge in [0.05, 0.1) is 30.9 Å². The van der Waals surface area contributed by atoms with Crippen molar-refractivity contribution in [2.75, 3.05) is 13.7 Å². The van der Waals surface area contributed by atoms with Gasteiger partial charge in [0.25, 0.3) is 5.91 Å². The Kier molecular flexibility index (Phi) is 7.16. The average Bonchev–Trinajstić information content (AvgIpc) is 3.52. The van der Waals surface area contributed by atoms with Crippen LogP contribution in [0.3, 0.4) is 0 Å². The maximum Gasteiger partial charge on any atom is 0.435 e. The largest absolute Gasteiger partial charge is 0.497 e. The van der Waals surface area contributed by atoms with Crippen LogP contribution in [-0.2, 0) is 25.7 Å². The van der Waals surface area contributed by atoms with Crippen LogP contribution in [0.4, 0.5) is 13.2 Å². The number of fused-ring (bicyclic) bond motifs is 1. The van der Waals surface area contributed by atoms with Crippen molar-refractivity contribution in [3.8, 4) is 16.9 Å². The molecule has 8 nitrogen and oxygen atoms in total. The molecule has 0 spiro atoms. The zero-order chi connectivity index (χ0) is 28.8. The number of halogens is 3. The van der Waals surface area contributed by atoms with Gasteiger partial charge in [0.15, 0.2) is 5.69 Å². The van der Waals surface area contributed by atoms with Crippen LogP contribution in [-0.4, -0.2) is 48.8 Å². The van der Waals surface area contributed by atoms with E-state index in [-0.39, 0.29) is 24.1 Å². The number of aryl methyl sites for hydroxylation is 2. The number of imidazole rings is 1. The second-order valence-electron chi connectivity index (χ2n) is 10.0. The standard InChI is InChI=1S/C29H31F3N6O2/c1-6-37-15-25(27(35-37)29(30,31)32)23-11-20(14-36-16-34-17(2)18(36)3)12-24-22(23)8-10-38(28(24)39)19(4)26-13-21(40-5)7-9-33-26/h7,9,11-13,15-16,19H,6,8,10,14H2,1-5H3. The highest BCUT2D eigenvalue weighted by atomic mass is 19.4. The van der Waals surface area contributed by atoms with E-state index in [1.54, 1.807) is 55.7 Å². The number of ether oxygens (including phenoxy) is 1. The van der Waals surface area contributed by atoms with Gasteiger partial charge in [-0.05, 0) is 69.0 Å². The summed E-state index contributed by atoms with van der Waals surface area (Å²) in [6.45, 7) is 8.44. The van der Waals surface area contributed by atoms with Crippen molar-refractivity contribution in [2.45, 2.75) is 59.4 Å². The molecule has 1 amide bonds. The minimum Gasteiger partial charge on any atom is -0.497 e. The Morgan fingerprint density at radius 1 is 1.10 bits per heavy atom. The molecule has 210 valence electrons. The van der Waals surface area contributed by atoms with Gasteiger partial charge in [-0.25, -0.2) is 4.98 Å². The van der Waals surface area contributed by atoms with E-state index in [1.807, 2.05) is 25.3 Å². The fourth-order valence-corrected chi connectivity index (χ4v) is 5.21. The van der Waals surface area contributed by atoms with Crippen molar-refractivity contribution < 1.29 is 22.7 Å². The van der Waals surface area contributed by atoms with Crippen molar-refractivity contribution in [3.63, 3.8) is 0 Å². The van der Waals surface area contributed by atoms with Gasteiger partial charge in [0, 0.05) is 54.9 Å². The molecule has 0 saturated carbocycles. The van der Waals surface area contributed by atoms with Gasteiger partial charge in [-0.1, -0.05) is 0 Å². The lowest BCUT2D eigenvalue weighted by atomic mass is 9.87. The van der Waals surface area contributed by atoms with Crippen LogP contribution >= 0.6 is 0 Å². The Morgan fingerprint density at radius 2 is 1.85 bits per heavy atom. The highest BCUT2D eigenvalue weighted by Gasteiger charge is 2.39. The maximum atomic E-state index is 14.1. The quantitative estimate of drug-likeness (QED) is 0.298. The molecular weight excluding hydrogens is 521 g/mol. The molecule has 1 unspecified atom stereocenters. The second kappa shape index (κ2) is 10.4. The summed E-state index contributed by atoms with van der Waals surface area (Å²) >= 11 is 0. The molecule has 1 aliphatic heterocycles. The maximum absolute atomic E-state index is 14.1. The normalized spacial score (nSPS) is 14.4. The van der Waals surface area contributed by atoms with Gasteiger partial charge in [0.1, 0.15) is 5.75 Å². The molecule has 1 atom stereocenters. The molecule has 11 heteroatoms. The number of hydrogen-bond acceptors (Lipinski definition) is 5. The first-order chi connectivity index (χ1) is 19.0. The van der Waals surface area contributed by atoms with Crippen molar-refractivity contribution in [1.29, 1.82) is 0 Å². The number of aromatic nitrogens is 5. The van der Waals surface area contributed by atoms with Gasteiger partial charge >= 0.3 is 6.18 Å². The Balaban J connectivity index is 1.64. The summed E-state index contributed by atoms with van der Waals surface area (Å²) < 4.78 is 50.9. The average molecular weight is 553 g/mol. The van der Waals surface area contributed by atoms with Crippen LogP contribution < -0.4 is 4.74 Å². The van der Waals surface area contributed by atoms with E-state index in [9.17, 15) is 18.0 Å². The molecule has 0 saturated heterocycles. The number of benzene rings is 1. The van der Waals surface area contributed by atoms with Gasteiger partial charge in [0.2, 0.25) is 0 Å². The monoisotopic (exact) mass is 552 g/mol. The van der Waals surface area contributed by atoms with E-state index in [2.05, 4.69) is 15.1 Å². The lowest BCUT2D eigenvalue weighted by Gasteiger charge is -2.34. The van der Waals surface area contributed by atoms with Crippen molar-refractivity contribution in [1.82, 2.24) is 29.2 Å². The number of nitrogens with zero attached hydrogens (tertiary/aromatic N) is 6. The second-order valence-corrected chi connectivity index (χ2v) is 10.0. The van der Waals surface area contributed by atoms with Gasteiger partial charge < -0.3 is 14.2 Å². The fraction of sp³-hybridized carbons (Fsp3) is 0.379. The van der Waals surface area contributed by atoms with Crippen LogP contribution in [0.5, 0.6) is 5.75 Å². The zero-order valence-corrected chi connectivity index (χ0v) is 23.1. The first kappa shape index (κ1) is 27.4. The summed E-state index contributed by atoms with van der Waals surface area (Å²) in [4.78, 5) is 24.5. The number of pyridine rings is 1. The van der Waals surface area contributed by atoms with E-state index in [1.165, 1.54) is 10.9 Å². The fourth-order valence-electron chi connectivity index (χ4n) is 5.21. The topological polar surface area (TPSA) is 78.1 Å². The minimum absolute atomic E-state index is 0.0188. The predicted molar refractivity (Wildman–Crippen MR) is 143 cm³/mol. The lowest BCUT2D eigenvalue weighted by molar-refractivity contribution is -0.141. The van der Waals surface area contributed by atoms with Crippen LogP contribution in [0.1, 0.15) is 64.1 Å².